The Morgan fingerprint density at radius 3 is 2.93 bits per heavy atom. The van der Waals surface area contributed by atoms with Gasteiger partial charge in [-0.2, -0.15) is 0 Å². The molecule has 1 aromatic rings. The molecule has 14 heavy (non-hydrogen) atoms. The summed E-state index contributed by atoms with van der Waals surface area (Å²) in [6, 6.07) is 6.58. The summed E-state index contributed by atoms with van der Waals surface area (Å²) in [5, 5.41) is 17.5. The fraction of sp³-hybridized carbons (Fsp3) is 0.300. The van der Waals surface area contributed by atoms with Gasteiger partial charge in [0.15, 0.2) is 0 Å². The molecule has 0 aromatic heterocycles. The number of aldehydes is 1. The van der Waals surface area contributed by atoms with Crippen molar-refractivity contribution in [3.8, 4) is 5.75 Å². The molecule has 0 fully saturated rings. The van der Waals surface area contributed by atoms with Gasteiger partial charge in [0.05, 0.1) is 6.61 Å². The number of carbonyl (C=O) groups is 1. The highest BCUT2D eigenvalue weighted by atomic mass is 16.5. The van der Waals surface area contributed by atoms with Gasteiger partial charge in [0, 0.05) is 5.56 Å². The van der Waals surface area contributed by atoms with Crippen LogP contribution in [-0.2, 0) is 0 Å². The summed E-state index contributed by atoms with van der Waals surface area (Å²) in [6.45, 7) is -0.327. The minimum Gasteiger partial charge on any atom is -0.491 e. The van der Waals surface area contributed by atoms with Crippen molar-refractivity contribution < 1.29 is 19.7 Å². The van der Waals surface area contributed by atoms with Crippen LogP contribution in [0.4, 0.5) is 0 Å². The third-order valence-electron chi connectivity index (χ3n) is 1.65. The van der Waals surface area contributed by atoms with Crippen LogP contribution in [0, 0.1) is 0 Å². The first-order chi connectivity index (χ1) is 6.76. The van der Waals surface area contributed by atoms with E-state index < -0.39 is 6.10 Å². The lowest BCUT2D eigenvalue weighted by atomic mass is 10.2. The van der Waals surface area contributed by atoms with Gasteiger partial charge < -0.3 is 14.9 Å². The van der Waals surface area contributed by atoms with Crippen LogP contribution >= 0.6 is 0 Å². The highest BCUT2D eigenvalue weighted by Gasteiger charge is 2.02. The number of benzene rings is 1. The molecule has 0 saturated carbocycles. The van der Waals surface area contributed by atoms with Gasteiger partial charge >= 0.3 is 0 Å². The van der Waals surface area contributed by atoms with Gasteiger partial charge in [-0.1, -0.05) is 12.1 Å². The molecule has 0 saturated heterocycles. The van der Waals surface area contributed by atoms with Gasteiger partial charge in [-0.15, -0.1) is 0 Å². The second kappa shape index (κ2) is 5.36. The van der Waals surface area contributed by atoms with E-state index in [1.165, 1.54) is 0 Å². The maximum atomic E-state index is 10.4. The largest absolute Gasteiger partial charge is 0.491 e. The zero-order valence-corrected chi connectivity index (χ0v) is 7.59. The molecule has 0 aliphatic carbocycles. The Bertz CT molecular complexity index is 298. The number of aliphatic hydroxyl groups is 2. The third kappa shape index (κ3) is 3.16. The Kier molecular flexibility index (Phi) is 4.10. The summed E-state index contributed by atoms with van der Waals surface area (Å²) < 4.78 is 5.13. The van der Waals surface area contributed by atoms with Gasteiger partial charge in [0.2, 0.25) is 0 Å². The first kappa shape index (κ1) is 10.7. The monoisotopic (exact) mass is 196 g/mol. The summed E-state index contributed by atoms with van der Waals surface area (Å²) in [7, 11) is 0. The third-order valence-corrected chi connectivity index (χ3v) is 1.65. The number of ether oxygens (including phenoxy) is 1. The molecule has 1 aromatic carbocycles. The van der Waals surface area contributed by atoms with Crippen LogP contribution in [0.2, 0.25) is 0 Å². The maximum Gasteiger partial charge on any atom is 0.150 e. The molecule has 0 radical (unpaired) electrons. The summed E-state index contributed by atoms with van der Waals surface area (Å²) in [4.78, 5) is 10.4. The molecular weight excluding hydrogens is 184 g/mol. The molecule has 0 heterocycles. The van der Waals surface area contributed by atoms with Crippen LogP contribution < -0.4 is 4.74 Å². The number of rotatable bonds is 5. The molecule has 0 spiro atoms. The Labute approximate surface area is 81.8 Å². The summed E-state index contributed by atoms with van der Waals surface area (Å²) in [5.41, 5.74) is 0.515. The second-order valence-corrected chi connectivity index (χ2v) is 2.84. The van der Waals surface area contributed by atoms with E-state index in [4.69, 9.17) is 14.9 Å². The fourth-order valence-electron chi connectivity index (χ4n) is 0.923. The summed E-state index contributed by atoms with van der Waals surface area (Å²) in [6.07, 6.45) is -0.176. The van der Waals surface area contributed by atoms with Gasteiger partial charge in [-0.05, 0) is 12.1 Å². The van der Waals surface area contributed by atoms with Gasteiger partial charge in [0.25, 0.3) is 0 Å². The molecule has 0 unspecified atom stereocenters. The fourth-order valence-corrected chi connectivity index (χ4v) is 0.923. The Morgan fingerprint density at radius 1 is 1.50 bits per heavy atom. The topological polar surface area (TPSA) is 66.8 Å². The van der Waals surface area contributed by atoms with E-state index >= 15 is 0 Å². The van der Waals surface area contributed by atoms with Gasteiger partial charge in [-0.3, -0.25) is 4.79 Å². The minimum absolute atomic E-state index is 0.0127. The molecule has 4 nitrogen and oxygen atoms in total. The molecule has 2 N–H and O–H groups in total. The molecule has 0 aliphatic rings. The zero-order valence-electron chi connectivity index (χ0n) is 7.59. The standard InChI is InChI=1S/C10H12O4/c11-5-8-2-1-3-10(4-8)14-7-9(13)6-12/h1-5,9,12-13H,6-7H2/t9-/m1/s1. The van der Waals surface area contributed by atoms with Crippen LogP contribution in [-0.4, -0.2) is 35.8 Å². The van der Waals surface area contributed by atoms with E-state index in [0.717, 1.165) is 6.29 Å². The maximum absolute atomic E-state index is 10.4. The van der Waals surface area contributed by atoms with E-state index in [-0.39, 0.29) is 13.2 Å². The molecule has 1 rings (SSSR count). The van der Waals surface area contributed by atoms with Crippen LogP contribution in [0.5, 0.6) is 5.75 Å². The average molecular weight is 196 g/mol. The SMILES string of the molecule is O=Cc1cccc(OC[C@H](O)CO)c1. The highest BCUT2D eigenvalue weighted by molar-refractivity contribution is 5.75. The smallest absolute Gasteiger partial charge is 0.150 e. The minimum atomic E-state index is -0.894. The highest BCUT2D eigenvalue weighted by Crippen LogP contribution is 2.11. The predicted molar refractivity (Wildman–Crippen MR) is 50.4 cm³/mol. The van der Waals surface area contributed by atoms with E-state index in [9.17, 15) is 4.79 Å². The number of aliphatic hydroxyl groups excluding tert-OH is 2. The predicted octanol–water partition coefficient (Wildman–Crippen LogP) is 0.231. The Morgan fingerprint density at radius 2 is 2.29 bits per heavy atom. The van der Waals surface area contributed by atoms with Gasteiger partial charge in [-0.25, -0.2) is 0 Å². The molecule has 4 heteroatoms. The van der Waals surface area contributed by atoms with Crippen molar-refractivity contribution in [2.45, 2.75) is 6.10 Å². The van der Waals surface area contributed by atoms with E-state index in [2.05, 4.69) is 0 Å². The van der Waals surface area contributed by atoms with E-state index in [1.807, 2.05) is 0 Å². The van der Waals surface area contributed by atoms with Gasteiger partial charge in [0.1, 0.15) is 24.7 Å². The second-order valence-electron chi connectivity index (χ2n) is 2.84. The van der Waals surface area contributed by atoms with Crippen molar-refractivity contribution in [1.82, 2.24) is 0 Å². The molecule has 0 amide bonds. The van der Waals surface area contributed by atoms with Crippen LogP contribution in [0.25, 0.3) is 0 Å². The average Bonchev–Trinajstić information content (AvgIpc) is 2.26. The lowest BCUT2D eigenvalue weighted by molar-refractivity contribution is 0.0536. The molecular formula is C10H12O4. The van der Waals surface area contributed by atoms with Crippen molar-refractivity contribution in [2.24, 2.45) is 0 Å². The summed E-state index contributed by atoms with van der Waals surface area (Å²) in [5.74, 6) is 0.502. The molecule has 76 valence electrons. The molecule has 0 bridgehead atoms. The van der Waals surface area contributed by atoms with Crippen LogP contribution in [0.1, 0.15) is 10.4 Å². The Balaban J connectivity index is 2.54. The number of hydrogen-bond donors (Lipinski definition) is 2. The lowest BCUT2D eigenvalue weighted by Gasteiger charge is -2.09. The Hall–Kier alpha value is -1.39. The molecule has 1 atom stereocenters. The van der Waals surface area contributed by atoms with E-state index in [0.29, 0.717) is 11.3 Å². The number of carbonyl (C=O) groups excluding carboxylic acids is 1. The lowest BCUT2D eigenvalue weighted by Crippen LogP contribution is -2.21. The number of hydrogen-bond acceptors (Lipinski definition) is 4. The van der Waals surface area contributed by atoms with Crippen molar-refractivity contribution in [2.75, 3.05) is 13.2 Å². The van der Waals surface area contributed by atoms with Crippen molar-refractivity contribution >= 4 is 6.29 Å². The zero-order chi connectivity index (χ0) is 10.4. The van der Waals surface area contributed by atoms with E-state index in [1.54, 1.807) is 24.3 Å². The molecule has 0 aliphatic heterocycles. The first-order valence-electron chi connectivity index (χ1n) is 4.23. The first-order valence-corrected chi connectivity index (χ1v) is 4.23. The van der Waals surface area contributed by atoms with Crippen LogP contribution in [0.3, 0.4) is 0 Å². The van der Waals surface area contributed by atoms with Crippen molar-refractivity contribution in [3.63, 3.8) is 0 Å². The summed E-state index contributed by atoms with van der Waals surface area (Å²) >= 11 is 0. The van der Waals surface area contributed by atoms with Crippen LogP contribution in [0.15, 0.2) is 24.3 Å². The van der Waals surface area contributed by atoms with Crippen molar-refractivity contribution in [1.29, 1.82) is 0 Å². The normalized spacial score (nSPS) is 12.1. The quantitative estimate of drug-likeness (QED) is 0.661. The van der Waals surface area contributed by atoms with Crippen molar-refractivity contribution in [3.05, 3.63) is 29.8 Å².